The first-order chi connectivity index (χ1) is 13.8. The normalized spacial score (nSPS) is 15.0. The monoisotopic (exact) mass is 375 g/mol. The van der Waals surface area contributed by atoms with Gasteiger partial charge in [-0.05, 0) is 36.6 Å². The van der Waals surface area contributed by atoms with Gasteiger partial charge in [0.25, 0.3) is 5.91 Å². The average Bonchev–Trinajstić information content (AvgIpc) is 3.11. The average molecular weight is 376 g/mol. The van der Waals surface area contributed by atoms with Crippen molar-refractivity contribution < 1.29 is 4.79 Å². The van der Waals surface area contributed by atoms with Crippen molar-refractivity contribution in [1.82, 2.24) is 14.9 Å². The first kappa shape index (κ1) is 18.7. The summed E-state index contributed by atoms with van der Waals surface area (Å²) < 4.78 is 2.37. The number of nitrogens with one attached hydrogen (secondary N) is 1. The van der Waals surface area contributed by atoms with E-state index in [4.69, 9.17) is 4.98 Å². The molecule has 1 N–H and O–H groups in total. The van der Waals surface area contributed by atoms with Gasteiger partial charge in [0, 0.05) is 25.1 Å². The fourth-order valence-electron chi connectivity index (χ4n) is 4.33. The first-order valence-corrected chi connectivity index (χ1v) is 10.6. The number of para-hydroxylation sites is 2. The Morgan fingerprint density at radius 3 is 2.57 bits per heavy atom. The second-order valence-corrected chi connectivity index (χ2v) is 7.83. The quantitative estimate of drug-likeness (QED) is 0.633. The van der Waals surface area contributed by atoms with Gasteiger partial charge in [0.1, 0.15) is 5.82 Å². The van der Waals surface area contributed by atoms with Crippen LogP contribution in [0.3, 0.4) is 0 Å². The van der Waals surface area contributed by atoms with E-state index in [-0.39, 0.29) is 5.91 Å². The molecule has 1 aliphatic rings. The molecule has 1 heterocycles. The molecule has 4 rings (SSSR count). The fourth-order valence-corrected chi connectivity index (χ4v) is 4.33. The molecular weight excluding hydrogens is 346 g/mol. The predicted molar refractivity (Wildman–Crippen MR) is 113 cm³/mol. The van der Waals surface area contributed by atoms with Crippen LogP contribution in [0.1, 0.15) is 54.7 Å². The minimum Gasteiger partial charge on any atom is -0.352 e. The molecule has 1 fully saturated rings. The van der Waals surface area contributed by atoms with Crippen molar-refractivity contribution >= 4 is 16.9 Å². The number of rotatable bonds is 7. The van der Waals surface area contributed by atoms with E-state index in [1.807, 2.05) is 36.4 Å². The topological polar surface area (TPSA) is 46.9 Å². The third-order valence-corrected chi connectivity index (χ3v) is 5.89. The highest BCUT2D eigenvalue weighted by Gasteiger charge is 2.16. The number of carbonyl (C=O) groups excluding carboxylic acids is 1. The Hall–Kier alpha value is -2.62. The molecule has 3 aromatic rings. The third-order valence-electron chi connectivity index (χ3n) is 5.89. The van der Waals surface area contributed by atoms with Gasteiger partial charge in [0.15, 0.2) is 0 Å². The van der Waals surface area contributed by atoms with Crippen molar-refractivity contribution in [3.05, 3.63) is 66.0 Å². The standard InChI is InChI=1S/C24H29N3O/c28-24(20-11-5-2-6-12-20)25-17-15-23-26-21-13-7-8-14-22(21)27(23)18-16-19-9-3-1-4-10-19/h2,5-8,11-14,19H,1,3-4,9-10,15-18H2,(H,25,28). The minimum atomic E-state index is -0.0227. The van der Waals surface area contributed by atoms with E-state index in [0.29, 0.717) is 12.1 Å². The maximum atomic E-state index is 12.3. The van der Waals surface area contributed by atoms with Gasteiger partial charge in [-0.15, -0.1) is 0 Å². The van der Waals surface area contributed by atoms with Crippen LogP contribution in [0, 0.1) is 5.92 Å². The summed E-state index contributed by atoms with van der Waals surface area (Å²) in [5.74, 6) is 1.90. The lowest BCUT2D eigenvalue weighted by Gasteiger charge is -2.22. The Labute approximate surface area is 167 Å². The smallest absolute Gasteiger partial charge is 0.251 e. The van der Waals surface area contributed by atoms with Gasteiger partial charge in [-0.25, -0.2) is 4.98 Å². The van der Waals surface area contributed by atoms with E-state index >= 15 is 0 Å². The van der Waals surface area contributed by atoms with Gasteiger partial charge in [-0.2, -0.15) is 0 Å². The van der Waals surface area contributed by atoms with E-state index in [1.54, 1.807) is 0 Å². The van der Waals surface area contributed by atoms with Crippen molar-refractivity contribution in [2.75, 3.05) is 6.54 Å². The number of hydrogen-bond acceptors (Lipinski definition) is 2. The number of aromatic nitrogens is 2. The molecule has 28 heavy (non-hydrogen) atoms. The van der Waals surface area contributed by atoms with Crippen LogP contribution in [0.25, 0.3) is 11.0 Å². The summed E-state index contributed by atoms with van der Waals surface area (Å²) in [5, 5.41) is 3.03. The Bertz CT molecular complexity index is 910. The van der Waals surface area contributed by atoms with E-state index in [0.717, 1.165) is 30.2 Å². The minimum absolute atomic E-state index is 0.0227. The zero-order valence-corrected chi connectivity index (χ0v) is 16.4. The summed E-state index contributed by atoms with van der Waals surface area (Å²) in [5.41, 5.74) is 2.96. The van der Waals surface area contributed by atoms with Crippen molar-refractivity contribution in [3.63, 3.8) is 0 Å². The molecule has 4 heteroatoms. The van der Waals surface area contributed by atoms with Gasteiger partial charge in [0.2, 0.25) is 0 Å². The lowest BCUT2D eigenvalue weighted by Crippen LogP contribution is -2.26. The molecule has 0 atom stereocenters. The first-order valence-electron chi connectivity index (χ1n) is 10.6. The Kier molecular flexibility index (Phi) is 6.05. The maximum absolute atomic E-state index is 12.3. The summed E-state index contributed by atoms with van der Waals surface area (Å²) in [7, 11) is 0. The lowest BCUT2D eigenvalue weighted by atomic mass is 9.87. The molecule has 4 nitrogen and oxygen atoms in total. The molecule has 0 radical (unpaired) electrons. The highest BCUT2D eigenvalue weighted by molar-refractivity contribution is 5.94. The highest BCUT2D eigenvalue weighted by atomic mass is 16.1. The summed E-state index contributed by atoms with van der Waals surface area (Å²) in [6.45, 7) is 1.62. The number of carbonyl (C=O) groups is 1. The summed E-state index contributed by atoms with van der Waals surface area (Å²) in [6.07, 6.45) is 8.88. The molecule has 0 unspecified atom stereocenters. The number of nitrogens with zero attached hydrogens (tertiary/aromatic N) is 2. The van der Waals surface area contributed by atoms with E-state index < -0.39 is 0 Å². The van der Waals surface area contributed by atoms with Crippen LogP contribution >= 0.6 is 0 Å². The SMILES string of the molecule is O=C(NCCc1nc2ccccc2n1CCC1CCCCC1)c1ccccc1. The van der Waals surface area contributed by atoms with Crippen LogP contribution < -0.4 is 5.32 Å². The largest absolute Gasteiger partial charge is 0.352 e. The fraction of sp³-hybridized carbons (Fsp3) is 0.417. The molecule has 0 spiro atoms. The van der Waals surface area contributed by atoms with Crippen molar-refractivity contribution in [2.24, 2.45) is 5.92 Å². The van der Waals surface area contributed by atoms with Gasteiger partial charge in [0.05, 0.1) is 11.0 Å². The van der Waals surface area contributed by atoms with Crippen molar-refractivity contribution in [3.8, 4) is 0 Å². The predicted octanol–water partition coefficient (Wildman–Crippen LogP) is 4.98. The molecule has 1 amide bonds. The molecule has 0 aliphatic heterocycles. The molecule has 1 aliphatic carbocycles. The van der Waals surface area contributed by atoms with Gasteiger partial charge in [-0.3, -0.25) is 4.79 Å². The summed E-state index contributed by atoms with van der Waals surface area (Å²) in [6, 6.07) is 17.8. The maximum Gasteiger partial charge on any atom is 0.251 e. The summed E-state index contributed by atoms with van der Waals surface area (Å²) in [4.78, 5) is 17.1. The summed E-state index contributed by atoms with van der Waals surface area (Å²) >= 11 is 0. The van der Waals surface area contributed by atoms with Gasteiger partial charge >= 0.3 is 0 Å². The van der Waals surface area contributed by atoms with E-state index in [2.05, 4.69) is 28.1 Å². The van der Waals surface area contributed by atoms with Crippen molar-refractivity contribution in [2.45, 2.75) is 51.5 Å². The number of amides is 1. The number of benzene rings is 2. The number of imidazole rings is 1. The molecule has 0 saturated heterocycles. The Morgan fingerprint density at radius 1 is 1.00 bits per heavy atom. The number of fused-ring (bicyclic) bond motifs is 1. The highest BCUT2D eigenvalue weighted by Crippen LogP contribution is 2.27. The van der Waals surface area contributed by atoms with Crippen molar-refractivity contribution in [1.29, 1.82) is 0 Å². The third kappa shape index (κ3) is 4.44. The zero-order valence-electron chi connectivity index (χ0n) is 16.4. The molecule has 2 aromatic carbocycles. The van der Waals surface area contributed by atoms with Crippen LogP contribution in [0.5, 0.6) is 0 Å². The van der Waals surface area contributed by atoms with Gasteiger partial charge < -0.3 is 9.88 Å². The number of hydrogen-bond donors (Lipinski definition) is 1. The molecular formula is C24H29N3O. The molecule has 1 saturated carbocycles. The second-order valence-electron chi connectivity index (χ2n) is 7.83. The van der Waals surface area contributed by atoms with Crippen LogP contribution in [-0.2, 0) is 13.0 Å². The molecule has 146 valence electrons. The van der Waals surface area contributed by atoms with Crippen LogP contribution in [-0.4, -0.2) is 22.0 Å². The van der Waals surface area contributed by atoms with Gasteiger partial charge in [-0.1, -0.05) is 62.4 Å². The molecule has 0 bridgehead atoms. The lowest BCUT2D eigenvalue weighted by molar-refractivity contribution is 0.0954. The van der Waals surface area contributed by atoms with Crippen LogP contribution in [0.15, 0.2) is 54.6 Å². The molecule has 1 aromatic heterocycles. The van der Waals surface area contributed by atoms with E-state index in [9.17, 15) is 4.79 Å². The number of aryl methyl sites for hydroxylation is 1. The zero-order chi connectivity index (χ0) is 19.2. The Balaban J connectivity index is 1.42. The second kappa shape index (κ2) is 9.05. The Morgan fingerprint density at radius 2 is 1.75 bits per heavy atom. The van der Waals surface area contributed by atoms with Crippen LogP contribution in [0.4, 0.5) is 0 Å². The van der Waals surface area contributed by atoms with E-state index in [1.165, 1.54) is 44.0 Å². The van der Waals surface area contributed by atoms with Crippen LogP contribution in [0.2, 0.25) is 0 Å².